The first-order chi connectivity index (χ1) is 13.2. The molecular weight excluding hydrogens is 380 g/mol. The summed E-state index contributed by atoms with van der Waals surface area (Å²) in [5.74, 6) is 0.167. The van der Waals surface area contributed by atoms with Gasteiger partial charge in [0.05, 0.1) is 5.25 Å². The van der Waals surface area contributed by atoms with E-state index in [1.165, 1.54) is 4.57 Å². The lowest BCUT2D eigenvalue weighted by Gasteiger charge is -2.14. The molecule has 0 spiro atoms. The summed E-state index contributed by atoms with van der Waals surface area (Å²) in [5.41, 5.74) is 1.05. The van der Waals surface area contributed by atoms with E-state index >= 15 is 0 Å². The van der Waals surface area contributed by atoms with E-state index in [-0.39, 0.29) is 29.3 Å². The minimum Gasteiger partial charge on any atom is -0.460 e. The van der Waals surface area contributed by atoms with Gasteiger partial charge in [-0.1, -0.05) is 0 Å². The normalized spacial score (nSPS) is 15.3. The Morgan fingerprint density at radius 1 is 1.21 bits per heavy atom. The van der Waals surface area contributed by atoms with Crippen LogP contribution in [0.1, 0.15) is 50.9 Å². The van der Waals surface area contributed by atoms with Gasteiger partial charge in [-0.15, -0.1) is 0 Å². The van der Waals surface area contributed by atoms with Crippen molar-refractivity contribution in [3.8, 4) is 17.4 Å². The van der Waals surface area contributed by atoms with Crippen LogP contribution >= 0.6 is 0 Å². The fourth-order valence-corrected chi connectivity index (χ4v) is 3.97. The maximum atomic E-state index is 12.4. The summed E-state index contributed by atoms with van der Waals surface area (Å²) in [5, 5.41) is -0.535. The van der Waals surface area contributed by atoms with Crippen molar-refractivity contribution in [2.45, 2.75) is 63.6 Å². The molecule has 0 radical (unpaired) electrons. The van der Waals surface area contributed by atoms with Gasteiger partial charge in [0.15, 0.2) is 21.5 Å². The average molecular weight is 407 g/mol. The fourth-order valence-electron chi connectivity index (χ4n) is 3.15. The molecule has 1 aliphatic carbocycles. The Kier molecular flexibility index (Phi) is 5.83. The molecule has 1 aliphatic rings. The van der Waals surface area contributed by atoms with Crippen LogP contribution in [0.3, 0.4) is 0 Å². The van der Waals surface area contributed by atoms with Crippen LogP contribution in [0.2, 0.25) is 0 Å². The Labute approximate surface area is 164 Å². The summed E-state index contributed by atoms with van der Waals surface area (Å²) in [6, 6.07) is 1.83. The van der Waals surface area contributed by atoms with Crippen molar-refractivity contribution in [1.29, 1.82) is 0 Å². The van der Waals surface area contributed by atoms with Crippen molar-refractivity contribution in [2.75, 3.05) is 0 Å². The van der Waals surface area contributed by atoms with Crippen molar-refractivity contribution < 1.29 is 13.2 Å². The molecule has 152 valence electrons. The molecule has 2 aromatic rings. The van der Waals surface area contributed by atoms with Crippen LogP contribution in [0.5, 0.6) is 6.01 Å². The summed E-state index contributed by atoms with van der Waals surface area (Å²) in [7, 11) is -1.73. The molecule has 0 N–H and O–H groups in total. The molecule has 0 bridgehead atoms. The van der Waals surface area contributed by atoms with Crippen molar-refractivity contribution in [1.82, 2.24) is 19.5 Å². The molecular formula is C19H26N4O4S. The molecule has 0 atom stereocenters. The predicted octanol–water partition coefficient (Wildman–Crippen LogP) is 2.19. The second-order valence-electron chi connectivity index (χ2n) is 7.57. The van der Waals surface area contributed by atoms with Crippen molar-refractivity contribution >= 4 is 9.84 Å². The molecule has 28 heavy (non-hydrogen) atoms. The fraction of sp³-hybridized carbons (Fsp3) is 0.579. The zero-order valence-electron chi connectivity index (χ0n) is 16.7. The minimum absolute atomic E-state index is 0.0340. The zero-order chi connectivity index (χ0) is 20.5. The predicted molar refractivity (Wildman–Crippen MR) is 106 cm³/mol. The third-order valence-electron chi connectivity index (χ3n) is 4.90. The van der Waals surface area contributed by atoms with Gasteiger partial charge in [-0.25, -0.2) is 13.4 Å². The molecule has 1 saturated carbocycles. The van der Waals surface area contributed by atoms with Crippen LogP contribution in [-0.2, 0) is 22.6 Å². The minimum atomic E-state index is -3.38. The molecule has 2 heterocycles. The lowest BCUT2D eigenvalue weighted by atomic mass is 10.2. The number of hydrogen-bond donors (Lipinski definition) is 0. The maximum absolute atomic E-state index is 12.4. The van der Waals surface area contributed by atoms with E-state index < -0.39 is 15.1 Å². The molecule has 0 aliphatic heterocycles. The largest absolute Gasteiger partial charge is 0.460 e. The molecule has 3 rings (SSSR count). The summed E-state index contributed by atoms with van der Waals surface area (Å²) >= 11 is 0. The van der Waals surface area contributed by atoms with Crippen LogP contribution in [0.15, 0.2) is 17.1 Å². The molecule has 0 unspecified atom stereocenters. The average Bonchev–Trinajstić information content (AvgIpc) is 3.11. The highest BCUT2D eigenvalue weighted by Crippen LogP contribution is 2.24. The first kappa shape index (κ1) is 20.4. The molecule has 0 saturated heterocycles. The Morgan fingerprint density at radius 2 is 1.89 bits per heavy atom. The van der Waals surface area contributed by atoms with Gasteiger partial charge in [-0.05, 0) is 52.5 Å². The van der Waals surface area contributed by atoms with Gasteiger partial charge >= 0.3 is 6.01 Å². The summed E-state index contributed by atoms with van der Waals surface area (Å²) in [4.78, 5) is 25.0. The lowest BCUT2D eigenvalue weighted by Crippen LogP contribution is -2.21. The van der Waals surface area contributed by atoms with Gasteiger partial charge < -0.3 is 9.30 Å². The monoisotopic (exact) mass is 406 g/mol. The summed E-state index contributed by atoms with van der Waals surface area (Å²) in [6.45, 7) is 4.97. The first-order valence-corrected chi connectivity index (χ1v) is 11.2. The molecule has 0 aromatic carbocycles. The lowest BCUT2D eigenvalue weighted by molar-refractivity contribution is 0.191. The number of sulfone groups is 1. The number of aryl methyl sites for hydroxylation is 2. The summed E-state index contributed by atoms with van der Waals surface area (Å²) < 4.78 is 32.1. The zero-order valence-corrected chi connectivity index (χ0v) is 17.5. The van der Waals surface area contributed by atoms with E-state index in [9.17, 15) is 13.2 Å². The Morgan fingerprint density at radius 3 is 2.50 bits per heavy atom. The summed E-state index contributed by atoms with van der Waals surface area (Å²) in [6.07, 6.45) is 5.71. The highest BCUT2D eigenvalue weighted by Gasteiger charge is 2.23. The molecule has 8 nitrogen and oxygen atoms in total. The van der Waals surface area contributed by atoms with Gasteiger partial charge in [0, 0.05) is 24.4 Å². The van der Waals surface area contributed by atoms with Crippen LogP contribution < -0.4 is 10.3 Å². The van der Waals surface area contributed by atoms with Crippen LogP contribution in [0.25, 0.3) is 11.4 Å². The maximum Gasteiger partial charge on any atom is 0.320 e. The number of rotatable bonds is 6. The topological polar surface area (TPSA) is 104 Å². The van der Waals surface area contributed by atoms with E-state index in [1.807, 2.05) is 0 Å². The molecule has 0 amide bonds. The molecule has 1 fully saturated rings. The third kappa shape index (κ3) is 4.57. The molecule has 9 heteroatoms. The standard InChI is InChI=1S/C19H26N4O4S/c1-12(2)28(25,26)11-16-20-17(14-9-13(3)18(24)23(4)10-14)22-19(21-16)27-15-7-5-6-8-15/h9-10,12,15H,5-8,11H2,1-4H3. The smallest absolute Gasteiger partial charge is 0.320 e. The number of nitrogens with zero attached hydrogens (tertiary/aromatic N) is 4. The number of hydrogen-bond acceptors (Lipinski definition) is 7. The molecule has 2 aromatic heterocycles. The van der Waals surface area contributed by atoms with E-state index in [1.54, 1.807) is 40.1 Å². The second kappa shape index (κ2) is 7.98. The van der Waals surface area contributed by atoms with Crippen molar-refractivity contribution in [3.63, 3.8) is 0 Å². The van der Waals surface area contributed by atoms with Crippen molar-refractivity contribution in [2.24, 2.45) is 7.05 Å². The van der Waals surface area contributed by atoms with E-state index in [0.717, 1.165) is 25.7 Å². The second-order valence-corrected chi connectivity index (χ2v) is 10.1. The highest BCUT2D eigenvalue weighted by atomic mass is 32.2. The van der Waals surface area contributed by atoms with Crippen LogP contribution in [-0.4, -0.2) is 39.3 Å². The van der Waals surface area contributed by atoms with Crippen LogP contribution in [0, 0.1) is 6.92 Å². The van der Waals surface area contributed by atoms with Gasteiger partial charge in [0.25, 0.3) is 5.56 Å². The van der Waals surface area contributed by atoms with Gasteiger partial charge in [-0.2, -0.15) is 9.97 Å². The van der Waals surface area contributed by atoms with E-state index in [2.05, 4.69) is 15.0 Å². The Bertz CT molecular complexity index is 998. The SMILES string of the molecule is Cc1cc(-c2nc(CS(=O)(=O)C(C)C)nc(OC3CCCC3)n2)cn(C)c1=O. The first-order valence-electron chi connectivity index (χ1n) is 9.46. The third-order valence-corrected chi connectivity index (χ3v) is 7.00. The van der Waals surface area contributed by atoms with E-state index in [0.29, 0.717) is 17.0 Å². The Hall–Kier alpha value is -2.29. The van der Waals surface area contributed by atoms with Crippen LogP contribution in [0.4, 0.5) is 0 Å². The number of aromatic nitrogens is 4. The Balaban J connectivity index is 2.05. The quantitative estimate of drug-likeness (QED) is 0.724. The van der Waals surface area contributed by atoms with Gasteiger partial charge in [0.2, 0.25) is 0 Å². The van der Waals surface area contributed by atoms with Gasteiger partial charge in [-0.3, -0.25) is 4.79 Å². The van der Waals surface area contributed by atoms with Gasteiger partial charge in [0.1, 0.15) is 11.9 Å². The number of ether oxygens (including phenoxy) is 1. The van der Waals surface area contributed by atoms with E-state index in [4.69, 9.17) is 4.74 Å². The van der Waals surface area contributed by atoms with Crippen molar-refractivity contribution in [3.05, 3.63) is 34.0 Å². The number of pyridine rings is 1. The highest BCUT2D eigenvalue weighted by molar-refractivity contribution is 7.91.